The molecule has 0 radical (unpaired) electrons. The second-order valence-electron chi connectivity index (χ2n) is 4.27. The molecule has 1 unspecified atom stereocenters. The summed E-state index contributed by atoms with van der Waals surface area (Å²) in [5.41, 5.74) is 1.24. The standard InChI is InChI=1S/C12H18N2O/c1-9(2)15-11-6-10(7-13-8-11)12-4-3-5-14-12/h6-9,12,14H,3-5H2,1-2H3. The Morgan fingerprint density at radius 1 is 1.47 bits per heavy atom. The maximum absolute atomic E-state index is 5.62. The van der Waals surface area contributed by atoms with Gasteiger partial charge in [0.15, 0.2) is 0 Å². The molecule has 2 rings (SSSR count). The molecule has 1 aromatic rings. The van der Waals surface area contributed by atoms with Gasteiger partial charge in [-0.2, -0.15) is 0 Å². The Morgan fingerprint density at radius 3 is 3.00 bits per heavy atom. The quantitative estimate of drug-likeness (QED) is 0.824. The van der Waals surface area contributed by atoms with Crippen molar-refractivity contribution < 1.29 is 4.74 Å². The molecule has 3 heteroatoms. The monoisotopic (exact) mass is 206 g/mol. The van der Waals surface area contributed by atoms with Gasteiger partial charge in [0.05, 0.1) is 12.3 Å². The molecule has 1 N–H and O–H groups in total. The van der Waals surface area contributed by atoms with Crippen LogP contribution in [0.3, 0.4) is 0 Å². The topological polar surface area (TPSA) is 34.1 Å². The SMILES string of the molecule is CC(C)Oc1cncc(C2CCCN2)c1. The van der Waals surface area contributed by atoms with Crippen LogP contribution in [-0.4, -0.2) is 17.6 Å². The van der Waals surface area contributed by atoms with Crippen molar-refractivity contribution in [3.05, 3.63) is 24.0 Å². The minimum atomic E-state index is 0.207. The molecule has 2 heterocycles. The Bertz CT molecular complexity index is 319. The van der Waals surface area contributed by atoms with Crippen molar-refractivity contribution in [1.82, 2.24) is 10.3 Å². The zero-order chi connectivity index (χ0) is 10.7. The van der Waals surface area contributed by atoms with E-state index in [0.717, 1.165) is 12.3 Å². The highest BCUT2D eigenvalue weighted by Gasteiger charge is 2.16. The van der Waals surface area contributed by atoms with Gasteiger partial charge in [-0.1, -0.05) is 0 Å². The lowest BCUT2D eigenvalue weighted by Gasteiger charge is -2.13. The predicted octanol–water partition coefficient (Wildman–Crippen LogP) is 2.29. The van der Waals surface area contributed by atoms with Crippen LogP contribution < -0.4 is 10.1 Å². The van der Waals surface area contributed by atoms with Gasteiger partial charge in [0.25, 0.3) is 0 Å². The van der Waals surface area contributed by atoms with Crippen LogP contribution in [0.1, 0.15) is 38.3 Å². The molecule has 0 saturated carbocycles. The molecule has 1 fully saturated rings. The first kappa shape index (κ1) is 10.4. The third-order valence-electron chi connectivity index (χ3n) is 2.57. The van der Waals surface area contributed by atoms with E-state index >= 15 is 0 Å². The molecule has 0 aliphatic carbocycles. The van der Waals surface area contributed by atoms with E-state index in [4.69, 9.17) is 4.74 Å². The molecule has 1 aromatic heterocycles. The summed E-state index contributed by atoms with van der Waals surface area (Å²) in [6.45, 7) is 5.17. The van der Waals surface area contributed by atoms with Gasteiger partial charge >= 0.3 is 0 Å². The predicted molar refractivity (Wildman–Crippen MR) is 60.0 cm³/mol. The molecule has 0 bridgehead atoms. The van der Waals surface area contributed by atoms with Gasteiger partial charge in [-0.25, -0.2) is 0 Å². The van der Waals surface area contributed by atoms with Crippen LogP contribution in [-0.2, 0) is 0 Å². The van der Waals surface area contributed by atoms with Gasteiger partial charge in [-0.15, -0.1) is 0 Å². The molecule has 3 nitrogen and oxygen atoms in total. The molecular weight excluding hydrogens is 188 g/mol. The Kier molecular flexibility index (Phi) is 3.21. The van der Waals surface area contributed by atoms with E-state index in [0.29, 0.717) is 6.04 Å². The number of hydrogen-bond donors (Lipinski definition) is 1. The van der Waals surface area contributed by atoms with Gasteiger partial charge in [0, 0.05) is 12.2 Å². The summed E-state index contributed by atoms with van der Waals surface area (Å²) in [5, 5.41) is 3.46. The lowest BCUT2D eigenvalue weighted by atomic mass is 10.1. The maximum Gasteiger partial charge on any atom is 0.138 e. The molecule has 0 aromatic carbocycles. The third-order valence-corrected chi connectivity index (χ3v) is 2.57. The van der Waals surface area contributed by atoms with Gasteiger partial charge < -0.3 is 10.1 Å². The summed E-state index contributed by atoms with van der Waals surface area (Å²) in [6.07, 6.45) is 6.36. The molecule has 15 heavy (non-hydrogen) atoms. The second-order valence-corrected chi connectivity index (χ2v) is 4.27. The number of ether oxygens (including phenoxy) is 1. The molecule has 1 aliphatic heterocycles. The zero-order valence-corrected chi connectivity index (χ0v) is 9.36. The number of rotatable bonds is 3. The third kappa shape index (κ3) is 2.69. The molecule has 0 spiro atoms. The first-order chi connectivity index (χ1) is 7.25. The van der Waals surface area contributed by atoms with Crippen molar-refractivity contribution in [2.75, 3.05) is 6.54 Å². The number of pyridine rings is 1. The first-order valence-electron chi connectivity index (χ1n) is 5.60. The van der Waals surface area contributed by atoms with Crippen LogP contribution in [0.15, 0.2) is 18.5 Å². The largest absolute Gasteiger partial charge is 0.489 e. The van der Waals surface area contributed by atoms with Crippen LogP contribution >= 0.6 is 0 Å². The normalized spacial score (nSPS) is 20.9. The maximum atomic E-state index is 5.62. The van der Waals surface area contributed by atoms with Crippen LogP contribution in [0.2, 0.25) is 0 Å². The first-order valence-corrected chi connectivity index (χ1v) is 5.60. The van der Waals surface area contributed by atoms with E-state index in [9.17, 15) is 0 Å². The van der Waals surface area contributed by atoms with Crippen molar-refractivity contribution in [2.45, 2.75) is 38.8 Å². The van der Waals surface area contributed by atoms with Gasteiger partial charge in [0.1, 0.15) is 5.75 Å². The highest BCUT2D eigenvalue weighted by molar-refractivity contribution is 5.26. The molecular formula is C12H18N2O. The fourth-order valence-corrected chi connectivity index (χ4v) is 1.93. The average molecular weight is 206 g/mol. The number of nitrogens with one attached hydrogen (secondary N) is 1. The van der Waals surface area contributed by atoms with Crippen molar-refractivity contribution in [3.8, 4) is 5.75 Å². The Balaban J connectivity index is 2.11. The van der Waals surface area contributed by atoms with E-state index in [2.05, 4.69) is 16.4 Å². The highest BCUT2D eigenvalue weighted by Crippen LogP contribution is 2.25. The number of aromatic nitrogens is 1. The molecule has 1 aliphatic rings. The minimum Gasteiger partial charge on any atom is -0.489 e. The second kappa shape index (κ2) is 4.62. The van der Waals surface area contributed by atoms with Crippen molar-refractivity contribution in [1.29, 1.82) is 0 Å². The summed E-state index contributed by atoms with van der Waals surface area (Å²) >= 11 is 0. The highest BCUT2D eigenvalue weighted by atomic mass is 16.5. The molecule has 82 valence electrons. The minimum absolute atomic E-state index is 0.207. The summed E-state index contributed by atoms with van der Waals surface area (Å²) < 4.78 is 5.62. The van der Waals surface area contributed by atoms with E-state index in [-0.39, 0.29) is 6.10 Å². The van der Waals surface area contributed by atoms with Crippen LogP contribution in [0.25, 0.3) is 0 Å². The number of hydrogen-bond acceptors (Lipinski definition) is 3. The Labute approximate surface area is 90.9 Å². The molecule has 1 atom stereocenters. The van der Waals surface area contributed by atoms with Crippen LogP contribution in [0.5, 0.6) is 5.75 Å². The Hall–Kier alpha value is -1.09. The van der Waals surface area contributed by atoms with Gasteiger partial charge in [-0.05, 0) is 44.9 Å². The molecule has 1 saturated heterocycles. The fraction of sp³-hybridized carbons (Fsp3) is 0.583. The summed E-state index contributed by atoms with van der Waals surface area (Å²) in [5.74, 6) is 0.871. The lowest BCUT2D eigenvalue weighted by Crippen LogP contribution is -2.13. The van der Waals surface area contributed by atoms with Crippen molar-refractivity contribution in [3.63, 3.8) is 0 Å². The van der Waals surface area contributed by atoms with E-state index < -0.39 is 0 Å². The summed E-state index contributed by atoms with van der Waals surface area (Å²) in [6, 6.07) is 2.56. The van der Waals surface area contributed by atoms with Crippen molar-refractivity contribution in [2.24, 2.45) is 0 Å². The molecule has 0 amide bonds. The van der Waals surface area contributed by atoms with E-state index in [1.165, 1.54) is 18.4 Å². The smallest absolute Gasteiger partial charge is 0.138 e. The fourth-order valence-electron chi connectivity index (χ4n) is 1.93. The lowest BCUT2D eigenvalue weighted by molar-refractivity contribution is 0.241. The van der Waals surface area contributed by atoms with Crippen molar-refractivity contribution >= 4 is 0 Å². The van der Waals surface area contributed by atoms with Gasteiger partial charge in [0.2, 0.25) is 0 Å². The number of nitrogens with zero attached hydrogens (tertiary/aromatic N) is 1. The average Bonchev–Trinajstić information content (AvgIpc) is 2.69. The van der Waals surface area contributed by atoms with Crippen LogP contribution in [0, 0.1) is 0 Å². The summed E-state index contributed by atoms with van der Waals surface area (Å²) in [4.78, 5) is 4.22. The van der Waals surface area contributed by atoms with E-state index in [1.54, 1.807) is 6.20 Å². The Morgan fingerprint density at radius 2 is 2.33 bits per heavy atom. The van der Waals surface area contributed by atoms with Crippen LogP contribution in [0.4, 0.5) is 0 Å². The van der Waals surface area contributed by atoms with E-state index in [1.807, 2.05) is 20.0 Å². The van der Waals surface area contributed by atoms with Gasteiger partial charge in [-0.3, -0.25) is 4.98 Å². The zero-order valence-electron chi connectivity index (χ0n) is 9.36. The summed E-state index contributed by atoms with van der Waals surface area (Å²) in [7, 11) is 0.